The second kappa shape index (κ2) is 65.6. The zero-order chi connectivity index (χ0) is 54.1. The molecule has 75 heavy (non-hydrogen) atoms. The molecule has 0 spiro atoms. The van der Waals surface area contributed by atoms with Crippen molar-refractivity contribution in [1.82, 2.24) is 0 Å². The maximum atomic E-state index is 12.3. The van der Waals surface area contributed by atoms with Gasteiger partial charge in [-0.1, -0.05) is 337 Å². The molecule has 0 heterocycles. The summed E-state index contributed by atoms with van der Waals surface area (Å²) in [5.74, 6) is -0.632. The van der Waals surface area contributed by atoms with Crippen LogP contribution in [0.15, 0.2) is 72.9 Å². The van der Waals surface area contributed by atoms with Gasteiger partial charge in [-0.2, -0.15) is 0 Å². The fraction of sp³-hybridized carbons (Fsp3) is 0.800. The standard InChI is InChI=1S/C70H126O5/c1-3-5-7-9-11-13-15-17-19-21-23-25-26-27-28-29-30-31-32-33-34-35-36-37-38-39-40-41-42-43-45-46-48-50-52-54-56-58-60-62-64-69(72)74-67-68(66-71)75-70(73)65-63-61-59-57-55-53-51-49-47-44-24-22-20-18-16-14-12-10-8-6-4-2/h6,8,12,14,18,20,24,44,49,51,55,57,68,71H,3-5,7,9-11,13,15-17,19,21-23,25-43,45-48,50,52-54,56,58-67H2,1-2H3/b8-6-,14-12-,20-18-,44-24-,51-49-,57-55-. The molecule has 0 aliphatic rings. The minimum Gasteiger partial charge on any atom is -0.462 e. The van der Waals surface area contributed by atoms with Crippen molar-refractivity contribution in [2.45, 2.75) is 347 Å². The van der Waals surface area contributed by atoms with Crippen LogP contribution in [0.2, 0.25) is 0 Å². The molecule has 1 unspecified atom stereocenters. The van der Waals surface area contributed by atoms with Crippen molar-refractivity contribution in [3.05, 3.63) is 72.9 Å². The quantitative estimate of drug-likeness (QED) is 0.0373. The monoisotopic (exact) mass is 1050 g/mol. The molecule has 0 rings (SSSR count). The van der Waals surface area contributed by atoms with E-state index in [1.165, 1.54) is 238 Å². The minimum absolute atomic E-state index is 0.0840. The second-order valence-electron chi connectivity index (χ2n) is 22.2. The Morgan fingerprint density at radius 2 is 0.573 bits per heavy atom. The number of ether oxygens (including phenoxy) is 2. The van der Waals surface area contributed by atoms with E-state index in [0.717, 1.165) is 77.0 Å². The van der Waals surface area contributed by atoms with Crippen LogP contribution in [0, 0.1) is 0 Å². The molecule has 5 nitrogen and oxygen atoms in total. The first kappa shape index (κ1) is 72.3. The van der Waals surface area contributed by atoms with Crippen LogP contribution in [0.5, 0.6) is 0 Å². The molecule has 0 fully saturated rings. The van der Waals surface area contributed by atoms with E-state index in [1.54, 1.807) is 0 Å². The van der Waals surface area contributed by atoms with Crippen LogP contribution in [0.4, 0.5) is 0 Å². The average Bonchev–Trinajstić information content (AvgIpc) is 3.41. The first-order valence-corrected chi connectivity index (χ1v) is 33.0. The third-order valence-corrected chi connectivity index (χ3v) is 14.8. The van der Waals surface area contributed by atoms with Crippen LogP contribution in [0.1, 0.15) is 341 Å². The predicted octanol–water partition coefficient (Wildman–Crippen LogP) is 22.7. The maximum Gasteiger partial charge on any atom is 0.306 e. The topological polar surface area (TPSA) is 72.8 Å². The van der Waals surface area contributed by atoms with Gasteiger partial charge >= 0.3 is 11.9 Å². The predicted molar refractivity (Wildman–Crippen MR) is 330 cm³/mol. The Morgan fingerprint density at radius 1 is 0.320 bits per heavy atom. The number of aliphatic hydroxyl groups is 1. The van der Waals surface area contributed by atoms with E-state index >= 15 is 0 Å². The zero-order valence-electron chi connectivity index (χ0n) is 50.1. The molecule has 436 valence electrons. The lowest BCUT2D eigenvalue weighted by Crippen LogP contribution is -2.28. The lowest BCUT2D eigenvalue weighted by atomic mass is 10.0. The Labute approximate surface area is 467 Å². The summed E-state index contributed by atoms with van der Waals surface area (Å²) in [4.78, 5) is 24.5. The second-order valence-corrected chi connectivity index (χ2v) is 22.2. The van der Waals surface area contributed by atoms with Crippen LogP contribution in [-0.4, -0.2) is 36.4 Å². The van der Waals surface area contributed by atoms with Gasteiger partial charge in [0.1, 0.15) is 6.61 Å². The van der Waals surface area contributed by atoms with Crippen molar-refractivity contribution >= 4 is 11.9 Å². The summed E-state index contributed by atoms with van der Waals surface area (Å²) in [5.41, 5.74) is 0. The highest BCUT2D eigenvalue weighted by molar-refractivity contribution is 5.70. The number of aliphatic hydroxyl groups excluding tert-OH is 1. The molecule has 1 N–H and O–H groups in total. The number of allylic oxidation sites excluding steroid dienone is 12. The molecule has 0 aromatic heterocycles. The SMILES string of the molecule is CC/C=C\C/C=C\C/C=C\C/C=C\C/C=C\C/C=C\CCCCC(=O)OC(CO)COC(=O)CCCCCCCCCCCCCCCCCCCCCCCCCCCCCCCCCCCCCCCCCC. The number of carbonyl (C=O) groups is 2. The molecule has 1 atom stereocenters. The summed E-state index contributed by atoms with van der Waals surface area (Å²) in [6, 6.07) is 0. The Kier molecular flexibility index (Phi) is 63.3. The molecule has 0 saturated heterocycles. The van der Waals surface area contributed by atoms with Gasteiger partial charge in [-0.05, 0) is 64.2 Å². The molecule has 0 aliphatic heterocycles. The first-order valence-electron chi connectivity index (χ1n) is 33.0. The third-order valence-electron chi connectivity index (χ3n) is 14.8. The van der Waals surface area contributed by atoms with E-state index in [0.29, 0.717) is 12.8 Å². The Morgan fingerprint density at radius 3 is 0.867 bits per heavy atom. The van der Waals surface area contributed by atoms with Crippen LogP contribution < -0.4 is 0 Å². The Bertz CT molecular complexity index is 1320. The minimum atomic E-state index is -0.799. The molecule has 0 aromatic carbocycles. The summed E-state index contributed by atoms with van der Waals surface area (Å²) in [6.07, 6.45) is 90.9. The summed E-state index contributed by atoms with van der Waals surface area (Å²) in [6.45, 7) is 4.03. The molecule has 0 saturated carbocycles. The maximum absolute atomic E-state index is 12.3. The van der Waals surface area contributed by atoms with Gasteiger partial charge in [0, 0.05) is 12.8 Å². The molecule has 0 aromatic rings. The summed E-state index contributed by atoms with van der Waals surface area (Å²) < 4.78 is 10.7. The molecule has 0 aliphatic carbocycles. The highest BCUT2D eigenvalue weighted by atomic mass is 16.6. The highest BCUT2D eigenvalue weighted by Crippen LogP contribution is 2.18. The molecule has 0 radical (unpaired) electrons. The fourth-order valence-corrected chi connectivity index (χ4v) is 9.86. The molecule has 0 amide bonds. The normalized spacial score (nSPS) is 12.6. The number of hydrogen-bond donors (Lipinski definition) is 1. The van der Waals surface area contributed by atoms with Crippen molar-refractivity contribution in [3.8, 4) is 0 Å². The molecule has 5 heteroatoms. The van der Waals surface area contributed by atoms with E-state index in [9.17, 15) is 14.7 Å². The third kappa shape index (κ3) is 63.8. The van der Waals surface area contributed by atoms with Gasteiger partial charge in [0.05, 0.1) is 6.61 Å². The highest BCUT2D eigenvalue weighted by Gasteiger charge is 2.16. The van der Waals surface area contributed by atoms with Crippen LogP contribution in [0.3, 0.4) is 0 Å². The van der Waals surface area contributed by atoms with Gasteiger partial charge in [0.25, 0.3) is 0 Å². The zero-order valence-corrected chi connectivity index (χ0v) is 50.1. The average molecular weight is 1050 g/mol. The lowest BCUT2D eigenvalue weighted by molar-refractivity contribution is -0.161. The fourth-order valence-electron chi connectivity index (χ4n) is 9.86. The number of unbranched alkanes of at least 4 members (excludes halogenated alkanes) is 41. The van der Waals surface area contributed by atoms with Crippen LogP contribution in [0.25, 0.3) is 0 Å². The van der Waals surface area contributed by atoms with Gasteiger partial charge in [0.2, 0.25) is 0 Å². The Hall–Kier alpha value is -2.66. The van der Waals surface area contributed by atoms with E-state index in [1.807, 2.05) is 0 Å². The molecular formula is C70H126O5. The van der Waals surface area contributed by atoms with Gasteiger partial charge in [-0.25, -0.2) is 0 Å². The molecule has 0 bridgehead atoms. The Balaban J connectivity index is 3.41. The molecular weight excluding hydrogens is 921 g/mol. The summed E-state index contributed by atoms with van der Waals surface area (Å²) >= 11 is 0. The van der Waals surface area contributed by atoms with Crippen LogP contribution >= 0.6 is 0 Å². The first-order chi connectivity index (χ1) is 37.1. The van der Waals surface area contributed by atoms with E-state index in [4.69, 9.17) is 9.47 Å². The van der Waals surface area contributed by atoms with E-state index in [2.05, 4.69) is 86.8 Å². The van der Waals surface area contributed by atoms with Crippen molar-refractivity contribution in [2.75, 3.05) is 13.2 Å². The van der Waals surface area contributed by atoms with Crippen molar-refractivity contribution < 1.29 is 24.2 Å². The van der Waals surface area contributed by atoms with E-state index < -0.39 is 6.10 Å². The lowest BCUT2D eigenvalue weighted by Gasteiger charge is -2.15. The van der Waals surface area contributed by atoms with Crippen LogP contribution in [-0.2, 0) is 19.1 Å². The van der Waals surface area contributed by atoms with Gasteiger partial charge in [-0.15, -0.1) is 0 Å². The number of hydrogen-bond acceptors (Lipinski definition) is 5. The van der Waals surface area contributed by atoms with Gasteiger partial charge < -0.3 is 14.6 Å². The van der Waals surface area contributed by atoms with Crippen molar-refractivity contribution in [2.24, 2.45) is 0 Å². The summed E-state index contributed by atoms with van der Waals surface area (Å²) in [7, 11) is 0. The number of esters is 2. The number of carbonyl (C=O) groups excluding carboxylic acids is 2. The smallest absolute Gasteiger partial charge is 0.306 e. The largest absolute Gasteiger partial charge is 0.462 e. The van der Waals surface area contributed by atoms with Crippen molar-refractivity contribution in [1.29, 1.82) is 0 Å². The summed E-state index contributed by atoms with van der Waals surface area (Å²) in [5, 5.41) is 9.66. The van der Waals surface area contributed by atoms with Gasteiger partial charge in [-0.3, -0.25) is 9.59 Å². The number of rotatable bonds is 61. The van der Waals surface area contributed by atoms with Crippen molar-refractivity contribution in [3.63, 3.8) is 0 Å². The van der Waals surface area contributed by atoms with E-state index in [-0.39, 0.29) is 25.2 Å². The van der Waals surface area contributed by atoms with Gasteiger partial charge in [0.15, 0.2) is 6.10 Å².